The quantitative estimate of drug-likeness (QED) is 0.389. The third kappa shape index (κ3) is 5.34. The van der Waals surface area contributed by atoms with Crippen LogP contribution in [0.15, 0.2) is 55.1 Å². The van der Waals surface area contributed by atoms with Crippen LogP contribution < -0.4 is 20.1 Å². The third-order valence-corrected chi connectivity index (χ3v) is 5.00. The van der Waals surface area contributed by atoms with Crippen molar-refractivity contribution in [3.8, 4) is 17.2 Å². The number of nitro benzene ring substituents is 1. The lowest BCUT2D eigenvalue weighted by molar-refractivity contribution is -0.385. The summed E-state index contributed by atoms with van der Waals surface area (Å²) < 4.78 is 12.2. The zero-order valence-corrected chi connectivity index (χ0v) is 18.1. The number of nitrogens with one attached hydrogen (secondary N) is 2. The second kappa shape index (κ2) is 10.3. The molecule has 0 spiro atoms. The SMILES string of the molecule is COc1cc(CCNC(=O)N[C@H](C)c2ccc(-n3ccnc3)cc2)c([N+](=O)[O-])cc1OC. The molecule has 3 rings (SSSR count). The van der Waals surface area contributed by atoms with E-state index in [1.54, 1.807) is 18.6 Å². The molecule has 0 bridgehead atoms. The van der Waals surface area contributed by atoms with Crippen LogP contribution in [-0.2, 0) is 6.42 Å². The summed E-state index contributed by atoms with van der Waals surface area (Å²) in [6.45, 7) is 2.10. The van der Waals surface area contributed by atoms with Crippen molar-refractivity contribution in [2.75, 3.05) is 20.8 Å². The highest BCUT2D eigenvalue weighted by molar-refractivity contribution is 5.74. The van der Waals surface area contributed by atoms with Gasteiger partial charge in [0.1, 0.15) is 0 Å². The summed E-state index contributed by atoms with van der Waals surface area (Å²) in [5.41, 5.74) is 2.27. The van der Waals surface area contributed by atoms with Gasteiger partial charge in [-0.3, -0.25) is 10.1 Å². The van der Waals surface area contributed by atoms with E-state index in [4.69, 9.17) is 9.47 Å². The first-order valence-corrected chi connectivity index (χ1v) is 9.95. The van der Waals surface area contributed by atoms with E-state index in [2.05, 4.69) is 15.6 Å². The summed E-state index contributed by atoms with van der Waals surface area (Å²) in [5.74, 6) is 0.673. The number of urea groups is 1. The fourth-order valence-electron chi connectivity index (χ4n) is 3.27. The Bertz CT molecular complexity index is 1070. The van der Waals surface area contributed by atoms with Gasteiger partial charge in [0.15, 0.2) is 11.5 Å². The van der Waals surface area contributed by atoms with Gasteiger partial charge in [-0.05, 0) is 37.1 Å². The molecule has 10 heteroatoms. The Labute approximate surface area is 185 Å². The van der Waals surface area contributed by atoms with Crippen molar-refractivity contribution in [3.05, 3.63) is 76.4 Å². The van der Waals surface area contributed by atoms with Gasteiger partial charge in [-0.25, -0.2) is 9.78 Å². The van der Waals surface area contributed by atoms with E-state index in [0.717, 1.165) is 11.3 Å². The second-order valence-corrected chi connectivity index (χ2v) is 7.03. The number of rotatable bonds is 9. The molecule has 10 nitrogen and oxygen atoms in total. The molecule has 32 heavy (non-hydrogen) atoms. The summed E-state index contributed by atoms with van der Waals surface area (Å²) in [4.78, 5) is 27.2. The molecule has 1 aromatic heterocycles. The molecule has 2 amide bonds. The number of methoxy groups -OCH3 is 2. The van der Waals surface area contributed by atoms with Gasteiger partial charge < -0.3 is 24.7 Å². The Balaban J connectivity index is 1.56. The minimum Gasteiger partial charge on any atom is -0.493 e. The highest BCUT2D eigenvalue weighted by atomic mass is 16.6. The van der Waals surface area contributed by atoms with E-state index < -0.39 is 4.92 Å². The average molecular weight is 439 g/mol. The van der Waals surface area contributed by atoms with Crippen LogP contribution in [-0.4, -0.2) is 41.3 Å². The fraction of sp³-hybridized carbons (Fsp3) is 0.273. The molecule has 0 saturated carbocycles. The number of aromatic nitrogens is 2. The third-order valence-electron chi connectivity index (χ3n) is 5.00. The van der Waals surface area contributed by atoms with Gasteiger partial charge in [0.2, 0.25) is 0 Å². The molecule has 2 N–H and O–H groups in total. The molecule has 1 atom stereocenters. The zero-order chi connectivity index (χ0) is 23.1. The molecule has 0 aliphatic carbocycles. The molecule has 3 aromatic rings. The van der Waals surface area contributed by atoms with Crippen LogP contribution in [0.5, 0.6) is 11.5 Å². The largest absolute Gasteiger partial charge is 0.493 e. The molecule has 168 valence electrons. The maximum Gasteiger partial charge on any atom is 0.315 e. The number of benzene rings is 2. The van der Waals surface area contributed by atoms with Crippen molar-refractivity contribution in [1.82, 2.24) is 20.2 Å². The number of imidazole rings is 1. The van der Waals surface area contributed by atoms with E-state index in [9.17, 15) is 14.9 Å². The van der Waals surface area contributed by atoms with Crippen LogP contribution in [0.3, 0.4) is 0 Å². The van der Waals surface area contributed by atoms with Gasteiger partial charge in [0, 0.05) is 30.2 Å². The van der Waals surface area contributed by atoms with E-state index in [0.29, 0.717) is 11.3 Å². The molecule has 0 saturated heterocycles. The first kappa shape index (κ1) is 22.6. The van der Waals surface area contributed by atoms with Crippen molar-refractivity contribution in [2.24, 2.45) is 0 Å². The van der Waals surface area contributed by atoms with Gasteiger partial charge in [0.25, 0.3) is 5.69 Å². The van der Waals surface area contributed by atoms with Gasteiger partial charge in [-0.15, -0.1) is 0 Å². The smallest absolute Gasteiger partial charge is 0.315 e. The van der Waals surface area contributed by atoms with Crippen molar-refractivity contribution >= 4 is 11.7 Å². The lowest BCUT2D eigenvalue weighted by atomic mass is 10.1. The predicted octanol–water partition coefficient (Wildman–Crippen LogP) is 3.40. The topological polar surface area (TPSA) is 121 Å². The number of hydrogen-bond donors (Lipinski definition) is 2. The molecule has 0 unspecified atom stereocenters. The Morgan fingerprint density at radius 3 is 2.47 bits per heavy atom. The standard InChI is InChI=1S/C22H25N5O5/c1-15(16-4-6-18(7-5-16)26-11-10-23-14-26)25-22(28)24-9-8-17-12-20(31-2)21(32-3)13-19(17)27(29)30/h4-7,10-15H,8-9H2,1-3H3,(H2,24,25,28)/t15-/m1/s1. The van der Waals surface area contributed by atoms with E-state index >= 15 is 0 Å². The number of carbonyl (C=O) groups is 1. The fourth-order valence-corrected chi connectivity index (χ4v) is 3.27. The van der Waals surface area contributed by atoms with E-state index in [1.165, 1.54) is 20.3 Å². The first-order valence-electron chi connectivity index (χ1n) is 9.95. The lowest BCUT2D eigenvalue weighted by Gasteiger charge is -2.16. The Hall–Kier alpha value is -4.08. The Morgan fingerprint density at radius 2 is 1.88 bits per heavy atom. The van der Waals surface area contributed by atoms with Crippen molar-refractivity contribution in [3.63, 3.8) is 0 Å². The van der Waals surface area contributed by atoms with Crippen LogP contribution in [0.25, 0.3) is 5.69 Å². The minimum absolute atomic E-state index is 0.0868. The maximum atomic E-state index is 12.3. The summed E-state index contributed by atoms with van der Waals surface area (Å²) in [6, 6.07) is 10.1. The summed E-state index contributed by atoms with van der Waals surface area (Å²) in [6.07, 6.45) is 5.54. The van der Waals surface area contributed by atoms with Crippen molar-refractivity contribution < 1.29 is 19.2 Å². The average Bonchev–Trinajstić information content (AvgIpc) is 3.33. The minimum atomic E-state index is -0.479. The molecule has 0 radical (unpaired) electrons. The van der Waals surface area contributed by atoms with Gasteiger partial charge in [0.05, 0.1) is 37.6 Å². The number of amides is 2. The number of nitrogens with zero attached hydrogens (tertiary/aromatic N) is 3. The van der Waals surface area contributed by atoms with E-state index in [1.807, 2.05) is 42.0 Å². The summed E-state index contributed by atoms with van der Waals surface area (Å²) in [5, 5.41) is 17.0. The van der Waals surface area contributed by atoms with Crippen LogP contribution in [0, 0.1) is 10.1 Å². The monoisotopic (exact) mass is 439 g/mol. The molecule has 0 fully saturated rings. The molecular formula is C22H25N5O5. The van der Waals surface area contributed by atoms with Gasteiger partial charge in [-0.1, -0.05) is 12.1 Å². The lowest BCUT2D eigenvalue weighted by Crippen LogP contribution is -2.38. The Kier molecular flexibility index (Phi) is 7.27. The van der Waals surface area contributed by atoms with Crippen molar-refractivity contribution in [1.29, 1.82) is 0 Å². The summed E-state index contributed by atoms with van der Waals surface area (Å²) >= 11 is 0. The number of hydrogen-bond acceptors (Lipinski definition) is 6. The molecule has 1 heterocycles. The number of carbonyl (C=O) groups excluding carboxylic acids is 1. The molecule has 2 aromatic carbocycles. The highest BCUT2D eigenvalue weighted by Crippen LogP contribution is 2.34. The number of ether oxygens (including phenoxy) is 2. The summed E-state index contributed by atoms with van der Waals surface area (Å²) in [7, 11) is 2.88. The van der Waals surface area contributed by atoms with Gasteiger partial charge in [-0.2, -0.15) is 0 Å². The normalized spacial score (nSPS) is 11.5. The van der Waals surface area contributed by atoms with E-state index in [-0.39, 0.29) is 36.5 Å². The molecule has 0 aliphatic heterocycles. The van der Waals surface area contributed by atoms with Crippen LogP contribution in [0.2, 0.25) is 0 Å². The Morgan fingerprint density at radius 1 is 1.19 bits per heavy atom. The van der Waals surface area contributed by atoms with Crippen molar-refractivity contribution in [2.45, 2.75) is 19.4 Å². The zero-order valence-electron chi connectivity index (χ0n) is 18.1. The second-order valence-electron chi connectivity index (χ2n) is 7.03. The predicted molar refractivity (Wildman–Crippen MR) is 118 cm³/mol. The highest BCUT2D eigenvalue weighted by Gasteiger charge is 2.19. The number of nitro groups is 1. The maximum absolute atomic E-state index is 12.3. The van der Waals surface area contributed by atoms with Gasteiger partial charge >= 0.3 is 6.03 Å². The van der Waals surface area contributed by atoms with Crippen LogP contribution in [0.4, 0.5) is 10.5 Å². The van der Waals surface area contributed by atoms with Crippen LogP contribution in [0.1, 0.15) is 24.1 Å². The molecular weight excluding hydrogens is 414 g/mol. The first-order chi connectivity index (χ1) is 15.4. The van der Waals surface area contributed by atoms with Crippen LogP contribution >= 0.6 is 0 Å². The molecule has 0 aliphatic rings.